The highest BCUT2D eigenvalue weighted by Gasteiger charge is 2.23. The zero-order valence-corrected chi connectivity index (χ0v) is 17.4. The minimum atomic E-state index is -0.320. The Kier molecular flexibility index (Phi) is 5.84. The van der Waals surface area contributed by atoms with Gasteiger partial charge in [-0.15, -0.1) is 0 Å². The molecule has 0 saturated carbocycles. The highest BCUT2D eigenvalue weighted by atomic mass is 19.1. The number of aromatic nitrogens is 1. The Hall–Kier alpha value is -3.15. The van der Waals surface area contributed by atoms with E-state index in [0.717, 1.165) is 18.7 Å². The molecular formula is C24H26FN3O2. The Bertz CT molecular complexity index is 1040. The number of hydrogen-bond donors (Lipinski definition) is 0. The van der Waals surface area contributed by atoms with Crippen molar-refractivity contribution in [1.82, 2.24) is 10.1 Å². The molecule has 1 aliphatic rings. The van der Waals surface area contributed by atoms with E-state index in [4.69, 9.17) is 4.52 Å². The first-order valence-electron chi connectivity index (χ1n) is 10.3. The number of aryl methyl sites for hydroxylation is 2. The van der Waals surface area contributed by atoms with Gasteiger partial charge in [0.1, 0.15) is 17.8 Å². The van der Waals surface area contributed by atoms with Crippen LogP contribution in [0.2, 0.25) is 0 Å². The third-order valence-corrected chi connectivity index (χ3v) is 5.90. The van der Waals surface area contributed by atoms with E-state index in [1.165, 1.54) is 28.9 Å². The molecule has 5 nitrogen and oxygen atoms in total. The number of nitrogens with zero attached hydrogens (tertiary/aromatic N) is 3. The third kappa shape index (κ3) is 4.22. The summed E-state index contributed by atoms with van der Waals surface area (Å²) < 4.78 is 18.6. The molecular weight excluding hydrogens is 381 g/mol. The molecule has 0 aliphatic carbocycles. The summed E-state index contributed by atoms with van der Waals surface area (Å²) in [5, 5.41) is 4.00. The lowest BCUT2D eigenvalue weighted by Gasteiger charge is -2.37. The van der Waals surface area contributed by atoms with Crippen LogP contribution >= 0.6 is 0 Å². The maximum Gasteiger partial charge on any atom is 0.223 e. The predicted octanol–water partition coefficient (Wildman–Crippen LogP) is 4.38. The van der Waals surface area contributed by atoms with Crippen molar-refractivity contribution in [2.75, 3.05) is 31.1 Å². The second-order valence-electron chi connectivity index (χ2n) is 7.79. The summed E-state index contributed by atoms with van der Waals surface area (Å²) in [4.78, 5) is 17.0. The van der Waals surface area contributed by atoms with Gasteiger partial charge in [0.15, 0.2) is 0 Å². The summed E-state index contributed by atoms with van der Waals surface area (Å²) in [6.07, 6.45) is 2.45. The molecule has 2 heterocycles. The van der Waals surface area contributed by atoms with Gasteiger partial charge in [-0.1, -0.05) is 29.4 Å². The first-order chi connectivity index (χ1) is 14.5. The fraction of sp³-hybridized carbons (Fsp3) is 0.333. The fourth-order valence-corrected chi connectivity index (χ4v) is 3.98. The Morgan fingerprint density at radius 1 is 1.10 bits per heavy atom. The molecule has 1 amide bonds. The number of carbonyl (C=O) groups excluding carboxylic acids is 1. The van der Waals surface area contributed by atoms with Crippen LogP contribution in [0.1, 0.15) is 23.1 Å². The van der Waals surface area contributed by atoms with Crippen LogP contribution in [0.25, 0.3) is 11.3 Å². The largest absolute Gasteiger partial charge is 0.368 e. The second kappa shape index (κ2) is 8.69. The summed E-state index contributed by atoms with van der Waals surface area (Å²) in [7, 11) is 0. The van der Waals surface area contributed by atoms with E-state index in [1.807, 2.05) is 4.90 Å². The summed E-state index contributed by atoms with van der Waals surface area (Å²) in [5.74, 6) is -0.193. The zero-order chi connectivity index (χ0) is 21.1. The average molecular weight is 407 g/mol. The maximum atomic E-state index is 13.5. The van der Waals surface area contributed by atoms with Crippen molar-refractivity contribution in [3.63, 3.8) is 0 Å². The molecule has 0 atom stereocenters. The Morgan fingerprint density at radius 2 is 1.87 bits per heavy atom. The van der Waals surface area contributed by atoms with Crippen LogP contribution in [0.3, 0.4) is 0 Å². The summed E-state index contributed by atoms with van der Waals surface area (Å²) in [5.41, 5.74) is 5.92. The molecule has 1 aromatic heterocycles. The quantitative estimate of drug-likeness (QED) is 0.630. The van der Waals surface area contributed by atoms with E-state index < -0.39 is 0 Å². The molecule has 6 heteroatoms. The van der Waals surface area contributed by atoms with E-state index in [9.17, 15) is 9.18 Å². The molecule has 1 fully saturated rings. The van der Waals surface area contributed by atoms with Gasteiger partial charge in [-0.05, 0) is 49.6 Å². The Morgan fingerprint density at radius 3 is 2.63 bits per heavy atom. The van der Waals surface area contributed by atoms with Crippen molar-refractivity contribution >= 4 is 11.6 Å². The van der Waals surface area contributed by atoms with Gasteiger partial charge in [-0.25, -0.2) is 4.39 Å². The van der Waals surface area contributed by atoms with Gasteiger partial charge in [0.25, 0.3) is 0 Å². The van der Waals surface area contributed by atoms with Gasteiger partial charge in [0, 0.05) is 49.4 Å². The molecule has 1 saturated heterocycles. The maximum absolute atomic E-state index is 13.5. The molecule has 3 aromatic rings. The van der Waals surface area contributed by atoms with Gasteiger partial charge in [-0.2, -0.15) is 0 Å². The number of piperazine rings is 1. The van der Waals surface area contributed by atoms with E-state index in [1.54, 1.807) is 18.4 Å². The van der Waals surface area contributed by atoms with Crippen LogP contribution in [-0.4, -0.2) is 42.1 Å². The van der Waals surface area contributed by atoms with Crippen molar-refractivity contribution < 1.29 is 13.7 Å². The van der Waals surface area contributed by atoms with Crippen molar-refractivity contribution in [2.24, 2.45) is 0 Å². The van der Waals surface area contributed by atoms with Crippen LogP contribution in [0.4, 0.5) is 10.1 Å². The second-order valence-corrected chi connectivity index (χ2v) is 7.79. The van der Waals surface area contributed by atoms with Crippen molar-refractivity contribution in [1.29, 1.82) is 0 Å². The van der Waals surface area contributed by atoms with Gasteiger partial charge in [-0.3, -0.25) is 4.79 Å². The van der Waals surface area contributed by atoms with E-state index in [-0.39, 0.29) is 11.7 Å². The van der Waals surface area contributed by atoms with E-state index >= 15 is 0 Å². The van der Waals surface area contributed by atoms with Crippen LogP contribution in [0.15, 0.2) is 53.3 Å². The predicted molar refractivity (Wildman–Crippen MR) is 115 cm³/mol. The number of anilines is 1. The zero-order valence-electron chi connectivity index (χ0n) is 17.4. The summed E-state index contributed by atoms with van der Waals surface area (Å²) in [6.45, 7) is 7.37. The number of rotatable bonds is 5. The van der Waals surface area contributed by atoms with Crippen molar-refractivity contribution in [3.8, 4) is 11.3 Å². The minimum absolute atomic E-state index is 0.127. The molecule has 0 spiro atoms. The molecule has 0 unspecified atom stereocenters. The van der Waals surface area contributed by atoms with Crippen LogP contribution in [0, 0.1) is 19.7 Å². The standard InChI is InChI=1S/C24H26FN3O2/c1-17-5-3-8-22(18(17)2)27-11-13-28(14-12-27)23(29)10-9-20-16-30-26-24(20)19-6-4-7-21(25)15-19/h3-8,15-16H,9-14H2,1-2H3. The van der Waals surface area contributed by atoms with E-state index in [0.29, 0.717) is 37.2 Å². The van der Waals surface area contributed by atoms with Crippen LogP contribution < -0.4 is 4.90 Å². The number of carbonyl (C=O) groups is 1. The van der Waals surface area contributed by atoms with Crippen LogP contribution in [0.5, 0.6) is 0 Å². The molecule has 1 aliphatic heterocycles. The number of hydrogen-bond acceptors (Lipinski definition) is 4. The van der Waals surface area contributed by atoms with Gasteiger partial charge in [0.2, 0.25) is 5.91 Å². The molecule has 2 aromatic carbocycles. The topological polar surface area (TPSA) is 49.6 Å². The smallest absolute Gasteiger partial charge is 0.223 e. The molecule has 0 bridgehead atoms. The molecule has 30 heavy (non-hydrogen) atoms. The molecule has 0 N–H and O–H groups in total. The first kappa shape index (κ1) is 20.1. The highest BCUT2D eigenvalue weighted by Crippen LogP contribution is 2.25. The number of halogens is 1. The first-order valence-corrected chi connectivity index (χ1v) is 10.3. The highest BCUT2D eigenvalue weighted by molar-refractivity contribution is 5.77. The van der Waals surface area contributed by atoms with Gasteiger partial charge >= 0.3 is 0 Å². The number of benzene rings is 2. The average Bonchev–Trinajstić information content (AvgIpc) is 3.23. The molecule has 156 valence electrons. The van der Waals surface area contributed by atoms with Gasteiger partial charge in [0.05, 0.1) is 0 Å². The Balaban J connectivity index is 1.34. The van der Waals surface area contributed by atoms with Crippen molar-refractivity contribution in [3.05, 3.63) is 71.2 Å². The van der Waals surface area contributed by atoms with E-state index in [2.05, 4.69) is 42.1 Å². The van der Waals surface area contributed by atoms with Crippen molar-refractivity contribution in [2.45, 2.75) is 26.7 Å². The van der Waals surface area contributed by atoms with Crippen LogP contribution in [-0.2, 0) is 11.2 Å². The Labute approximate surface area is 176 Å². The molecule has 0 radical (unpaired) electrons. The monoisotopic (exact) mass is 407 g/mol. The molecule has 4 rings (SSSR count). The summed E-state index contributed by atoms with van der Waals surface area (Å²) in [6, 6.07) is 12.6. The third-order valence-electron chi connectivity index (χ3n) is 5.90. The lowest BCUT2D eigenvalue weighted by Crippen LogP contribution is -2.49. The van der Waals surface area contributed by atoms with Gasteiger partial charge < -0.3 is 14.3 Å². The lowest BCUT2D eigenvalue weighted by atomic mass is 10.0. The number of amides is 1. The fourth-order valence-electron chi connectivity index (χ4n) is 3.98. The minimum Gasteiger partial charge on any atom is -0.368 e. The normalized spacial score (nSPS) is 14.2. The SMILES string of the molecule is Cc1cccc(N2CCN(C(=O)CCc3conc3-c3cccc(F)c3)CC2)c1C. The lowest BCUT2D eigenvalue weighted by molar-refractivity contribution is -0.131. The summed E-state index contributed by atoms with van der Waals surface area (Å²) >= 11 is 0.